The number of hydrogen-bond donors (Lipinski definition) is 1. The van der Waals surface area contributed by atoms with Gasteiger partial charge < -0.3 is 14.5 Å². The molecule has 7 nitrogen and oxygen atoms in total. The van der Waals surface area contributed by atoms with E-state index < -0.39 is 18.5 Å². The summed E-state index contributed by atoms with van der Waals surface area (Å²) < 4.78 is 10.8. The van der Waals surface area contributed by atoms with E-state index in [2.05, 4.69) is 10.3 Å². The molecule has 0 fully saturated rings. The van der Waals surface area contributed by atoms with Crippen molar-refractivity contribution in [3.8, 4) is 16.6 Å². The van der Waals surface area contributed by atoms with Gasteiger partial charge in [0.05, 0.1) is 21.7 Å². The van der Waals surface area contributed by atoms with E-state index in [1.807, 2.05) is 41.8 Å². The molecule has 1 amide bonds. The average Bonchev–Trinajstić information content (AvgIpc) is 3.50. The normalized spacial score (nSPS) is 10.8. The van der Waals surface area contributed by atoms with Crippen molar-refractivity contribution in [1.82, 2.24) is 4.98 Å². The third-order valence-electron chi connectivity index (χ3n) is 5.01. The molecule has 1 N–H and O–H groups in total. The number of nitrogens with zero attached hydrogens (tertiary/aromatic N) is 2. The SMILES string of the molecule is N#Cc1oc2ccccc2c1NC(=O)COC(=O)c1cc(-c2cccs2)nc2ccccc12. The van der Waals surface area contributed by atoms with E-state index in [9.17, 15) is 14.9 Å². The summed E-state index contributed by atoms with van der Waals surface area (Å²) in [7, 11) is 0. The Labute approximate surface area is 191 Å². The molecule has 0 saturated heterocycles. The predicted molar refractivity (Wildman–Crippen MR) is 125 cm³/mol. The number of benzene rings is 2. The standard InChI is InChI=1S/C25H15N3O4S/c26-13-21-24(16-7-2-4-9-20(16)32-21)28-23(29)14-31-25(30)17-12-19(22-10-5-11-33-22)27-18-8-3-1-6-15(17)18/h1-12H,14H2,(H,28,29). The number of rotatable bonds is 5. The number of carbonyl (C=O) groups is 2. The van der Waals surface area contributed by atoms with Gasteiger partial charge in [0.25, 0.3) is 5.91 Å². The van der Waals surface area contributed by atoms with Crippen LogP contribution in [0.1, 0.15) is 16.1 Å². The number of fused-ring (bicyclic) bond motifs is 2. The smallest absolute Gasteiger partial charge is 0.339 e. The molecule has 3 heterocycles. The van der Waals surface area contributed by atoms with Gasteiger partial charge in [-0.1, -0.05) is 36.4 Å². The number of aromatic nitrogens is 1. The zero-order chi connectivity index (χ0) is 22.8. The van der Waals surface area contributed by atoms with E-state index in [4.69, 9.17) is 9.15 Å². The zero-order valence-electron chi connectivity index (χ0n) is 17.1. The molecule has 0 unspecified atom stereocenters. The highest BCUT2D eigenvalue weighted by atomic mass is 32.1. The molecule has 3 aromatic heterocycles. The van der Waals surface area contributed by atoms with E-state index in [1.54, 1.807) is 36.4 Å². The van der Waals surface area contributed by atoms with Crippen molar-refractivity contribution >= 4 is 50.8 Å². The van der Waals surface area contributed by atoms with Crippen molar-refractivity contribution in [2.75, 3.05) is 11.9 Å². The van der Waals surface area contributed by atoms with Gasteiger partial charge in [-0.2, -0.15) is 5.26 Å². The first kappa shape index (κ1) is 20.4. The minimum atomic E-state index is -0.640. The molecule has 5 rings (SSSR count). The highest BCUT2D eigenvalue weighted by Gasteiger charge is 2.19. The number of ether oxygens (including phenoxy) is 1. The van der Waals surface area contributed by atoms with Crippen LogP contribution in [0, 0.1) is 11.3 Å². The number of amides is 1. The maximum absolute atomic E-state index is 12.9. The van der Waals surface area contributed by atoms with Crippen LogP contribution in [0.15, 0.2) is 76.5 Å². The van der Waals surface area contributed by atoms with Gasteiger partial charge in [-0.3, -0.25) is 4.79 Å². The van der Waals surface area contributed by atoms with Gasteiger partial charge in [0.2, 0.25) is 5.76 Å². The Morgan fingerprint density at radius 2 is 1.85 bits per heavy atom. The van der Waals surface area contributed by atoms with E-state index in [0.29, 0.717) is 33.1 Å². The van der Waals surface area contributed by atoms with Crippen LogP contribution in [0.25, 0.3) is 32.4 Å². The second-order valence-electron chi connectivity index (χ2n) is 7.09. The fraction of sp³-hybridized carbons (Fsp3) is 0.0400. The van der Waals surface area contributed by atoms with Crippen molar-refractivity contribution in [2.45, 2.75) is 0 Å². The van der Waals surface area contributed by atoms with Gasteiger partial charge in [-0.15, -0.1) is 11.3 Å². The Morgan fingerprint density at radius 1 is 1.06 bits per heavy atom. The highest BCUT2D eigenvalue weighted by molar-refractivity contribution is 7.13. The third-order valence-corrected chi connectivity index (χ3v) is 5.90. The summed E-state index contributed by atoms with van der Waals surface area (Å²) in [5.74, 6) is -1.24. The van der Waals surface area contributed by atoms with E-state index in [-0.39, 0.29) is 11.4 Å². The summed E-state index contributed by atoms with van der Waals surface area (Å²) in [6, 6.07) is 21.7. The lowest BCUT2D eigenvalue weighted by molar-refractivity contribution is -0.119. The minimum absolute atomic E-state index is 0.0170. The molecule has 0 saturated carbocycles. The van der Waals surface area contributed by atoms with E-state index >= 15 is 0 Å². The van der Waals surface area contributed by atoms with Gasteiger partial charge in [-0.05, 0) is 35.7 Å². The van der Waals surface area contributed by atoms with Crippen LogP contribution in [-0.2, 0) is 9.53 Å². The number of furan rings is 1. The lowest BCUT2D eigenvalue weighted by Crippen LogP contribution is -2.21. The van der Waals surface area contributed by atoms with Gasteiger partial charge in [0.1, 0.15) is 17.3 Å². The number of nitriles is 1. The lowest BCUT2D eigenvalue weighted by Gasteiger charge is -2.09. The van der Waals surface area contributed by atoms with Crippen LogP contribution in [0.2, 0.25) is 0 Å². The molecule has 33 heavy (non-hydrogen) atoms. The number of para-hydroxylation sites is 2. The van der Waals surface area contributed by atoms with Gasteiger partial charge in [0, 0.05) is 10.8 Å². The molecule has 8 heteroatoms. The summed E-state index contributed by atoms with van der Waals surface area (Å²) in [5, 5.41) is 15.1. The van der Waals surface area contributed by atoms with E-state index in [0.717, 1.165) is 4.88 Å². The molecule has 0 aliphatic heterocycles. The zero-order valence-corrected chi connectivity index (χ0v) is 17.9. The van der Waals surface area contributed by atoms with Crippen LogP contribution in [-0.4, -0.2) is 23.5 Å². The number of pyridine rings is 1. The van der Waals surface area contributed by atoms with Crippen molar-refractivity contribution in [3.05, 3.63) is 83.4 Å². The number of nitrogens with one attached hydrogen (secondary N) is 1. The summed E-state index contributed by atoms with van der Waals surface area (Å²) in [5.41, 5.74) is 2.37. The largest absolute Gasteiger partial charge is 0.452 e. The first-order chi connectivity index (χ1) is 16.1. The summed E-state index contributed by atoms with van der Waals surface area (Å²) in [4.78, 5) is 31.0. The number of carbonyl (C=O) groups excluding carboxylic acids is 2. The second kappa shape index (κ2) is 8.57. The Morgan fingerprint density at radius 3 is 2.64 bits per heavy atom. The summed E-state index contributed by atoms with van der Waals surface area (Å²) >= 11 is 1.52. The Bertz CT molecular complexity index is 1550. The van der Waals surface area contributed by atoms with Crippen LogP contribution in [0.3, 0.4) is 0 Å². The maximum atomic E-state index is 12.9. The van der Waals surface area contributed by atoms with Gasteiger partial charge in [0.15, 0.2) is 6.61 Å². The summed E-state index contributed by atoms with van der Waals surface area (Å²) in [6.45, 7) is -0.520. The van der Waals surface area contributed by atoms with E-state index in [1.165, 1.54) is 11.3 Å². The quantitative estimate of drug-likeness (QED) is 0.358. The van der Waals surface area contributed by atoms with Crippen molar-refractivity contribution < 1.29 is 18.7 Å². The fourth-order valence-corrected chi connectivity index (χ4v) is 4.21. The molecule has 0 spiro atoms. The Hall–Kier alpha value is -4.48. The molecule has 0 radical (unpaired) electrons. The molecule has 0 aliphatic carbocycles. The molecule has 0 aliphatic rings. The minimum Gasteiger partial charge on any atom is -0.452 e. The monoisotopic (exact) mass is 453 g/mol. The van der Waals surface area contributed by atoms with Crippen LogP contribution < -0.4 is 5.32 Å². The molecular weight excluding hydrogens is 438 g/mol. The maximum Gasteiger partial charge on any atom is 0.339 e. The number of anilines is 1. The Kier molecular flexibility index (Phi) is 5.30. The number of hydrogen-bond acceptors (Lipinski definition) is 7. The highest BCUT2D eigenvalue weighted by Crippen LogP contribution is 2.30. The Balaban J connectivity index is 1.38. The molecule has 5 aromatic rings. The van der Waals surface area contributed by atoms with Crippen LogP contribution in [0.5, 0.6) is 0 Å². The fourth-order valence-electron chi connectivity index (χ4n) is 3.53. The number of esters is 1. The molecule has 160 valence electrons. The molecular formula is C25H15N3O4S. The van der Waals surface area contributed by atoms with Crippen LogP contribution in [0.4, 0.5) is 5.69 Å². The van der Waals surface area contributed by atoms with Crippen molar-refractivity contribution in [1.29, 1.82) is 5.26 Å². The number of thiophene rings is 1. The van der Waals surface area contributed by atoms with Crippen LogP contribution >= 0.6 is 11.3 Å². The van der Waals surface area contributed by atoms with Gasteiger partial charge in [-0.25, -0.2) is 9.78 Å². The molecule has 0 bridgehead atoms. The average molecular weight is 453 g/mol. The first-order valence-electron chi connectivity index (χ1n) is 9.96. The topological polar surface area (TPSA) is 105 Å². The predicted octanol–water partition coefficient (Wildman–Crippen LogP) is 5.38. The first-order valence-corrected chi connectivity index (χ1v) is 10.8. The van der Waals surface area contributed by atoms with Gasteiger partial charge >= 0.3 is 5.97 Å². The lowest BCUT2D eigenvalue weighted by atomic mass is 10.1. The van der Waals surface area contributed by atoms with Crippen molar-refractivity contribution in [3.63, 3.8) is 0 Å². The molecule has 0 atom stereocenters. The second-order valence-corrected chi connectivity index (χ2v) is 8.04. The third kappa shape index (κ3) is 3.93. The van der Waals surface area contributed by atoms with Crippen molar-refractivity contribution in [2.24, 2.45) is 0 Å². The molecule has 2 aromatic carbocycles. The summed E-state index contributed by atoms with van der Waals surface area (Å²) in [6.07, 6.45) is 0.